The van der Waals surface area contributed by atoms with Gasteiger partial charge in [0, 0.05) is 30.3 Å². The number of fused-ring (bicyclic) bond motifs is 1. The molecule has 3 aromatic rings. The number of benzene rings is 3. The fourth-order valence-corrected chi connectivity index (χ4v) is 4.56. The van der Waals surface area contributed by atoms with Gasteiger partial charge >= 0.3 is 6.18 Å². The number of amides is 1. The van der Waals surface area contributed by atoms with Gasteiger partial charge in [-0.25, -0.2) is 17.5 Å². The zero-order valence-electron chi connectivity index (χ0n) is 18.6. The summed E-state index contributed by atoms with van der Waals surface area (Å²) >= 11 is 0. The average molecular weight is 508 g/mol. The summed E-state index contributed by atoms with van der Waals surface area (Å²) in [5.41, 5.74) is 0.347. The minimum atomic E-state index is -4.52. The lowest BCUT2D eigenvalue weighted by Gasteiger charge is -2.26. The van der Waals surface area contributed by atoms with Crippen molar-refractivity contribution in [2.75, 3.05) is 19.0 Å². The van der Waals surface area contributed by atoms with E-state index in [9.17, 15) is 26.4 Å². The lowest BCUT2D eigenvalue weighted by molar-refractivity contribution is -0.137. The molecule has 0 saturated heterocycles. The summed E-state index contributed by atoms with van der Waals surface area (Å²) in [7, 11) is -1.12. The van der Waals surface area contributed by atoms with Gasteiger partial charge in [0.2, 0.25) is 15.9 Å². The summed E-state index contributed by atoms with van der Waals surface area (Å²) in [6.07, 6.45) is -3.92. The number of hydrogen-bond donors (Lipinski definition) is 1. The van der Waals surface area contributed by atoms with Gasteiger partial charge in [0.1, 0.15) is 17.3 Å². The minimum absolute atomic E-state index is 0.0292. The predicted molar refractivity (Wildman–Crippen MR) is 121 cm³/mol. The van der Waals surface area contributed by atoms with Crippen molar-refractivity contribution in [3.05, 3.63) is 71.5 Å². The summed E-state index contributed by atoms with van der Waals surface area (Å²) in [4.78, 5) is 13.2. The highest BCUT2D eigenvalue weighted by Gasteiger charge is 2.30. The molecule has 0 fully saturated rings. The number of rotatable bonds is 5. The Labute approximate surface area is 199 Å². The van der Waals surface area contributed by atoms with Gasteiger partial charge < -0.3 is 9.64 Å². The van der Waals surface area contributed by atoms with Crippen molar-refractivity contribution in [2.45, 2.75) is 23.9 Å². The predicted octanol–water partition coefficient (Wildman–Crippen LogP) is 5.12. The second-order valence-electron chi connectivity index (χ2n) is 7.90. The number of sulfonamides is 1. The van der Waals surface area contributed by atoms with Crippen LogP contribution in [0.3, 0.4) is 0 Å². The van der Waals surface area contributed by atoms with Crippen molar-refractivity contribution < 1.29 is 35.5 Å². The average Bonchev–Trinajstić information content (AvgIpc) is 2.81. The number of ether oxygens (including phenoxy) is 1. The van der Waals surface area contributed by atoms with Crippen molar-refractivity contribution in [1.82, 2.24) is 4.72 Å². The summed E-state index contributed by atoms with van der Waals surface area (Å²) in [6.45, 7) is 0. The second kappa shape index (κ2) is 8.97. The fourth-order valence-electron chi connectivity index (χ4n) is 3.80. The van der Waals surface area contributed by atoms with E-state index in [0.29, 0.717) is 17.7 Å². The molecule has 1 aliphatic rings. The number of halogens is 4. The summed E-state index contributed by atoms with van der Waals surface area (Å²) in [5, 5.41) is 0. The van der Waals surface area contributed by atoms with Gasteiger partial charge in [-0.1, -0.05) is 0 Å². The first-order valence-corrected chi connectivity index (χ1v) is 11.9. The lowest BCUT2D eigenvalue weighted by atomic mass is 9.95. The normalized spacial score (nSPS) is 14.1. The largest absolute Gasteiger partial charge is 0.457 e. The van der Waals surface area contributed by atoms with Gasteiger partial charge in [-0.2, -0.15) is 13.2 Å². The number of aryl methyl sites for hydroxylation is 1. The molecule has 1 amide bonds. The first kappa shape index (κ1) is 24.7. The molecule has 0 atom stereocenters. The molecule has 0 spiro atoms. The fraction of sp³-hybridized carbons (Fsp3) is 0.208. The number of carbonyl (C=O) groups excluding carboxylic acids is 1. The monoisotopic (exact) mass is 508 g/mol. The molecule has 35 heavy (non-hydrogen) atoms. The third-order valence-electron chi connectivity index (χ3n) is 5.74. The van der Waals surface area contributed by atoms with Gasteiger partial charge in [-0.3, -0.25) is 4.79 Å². The second-order valence-corrected chi connectivity index (χ2v) is 9.79. The minimum Gasteiger partial charge on any atom is -0.457 e. The van der Waals surface area contributed by atoms with E-state index in [1.54, 1.807) is 7.05 Å². The van der Waals surface area contributed by atoms with E-state index in [-0.39, 0.29) is 39.8 Å². The molecule has 11 heteroatoms. The Kier molecular flexibility index (Phi) is 6.32. The summed E-state index contributed by atoms with van der Waals surface area (Å²) < 4.78 is 86.7. The van der Waals surface area contributed by atoms with Crippen LogP contribution in [0.15, 0.2) is 59.5 Å². The third-order valence-corrected chi connectivity index (χ3v) is 7.15. The SMILES string of the molecule is CNS(=O)(=O)c1ccc(Oc2ccc(C(F)(F)F)cc2)c(-c2cc3c(cc2F)N(C)C(=O)CC3)c1. The Balaban J connectivity index is 1.83. The number of alkyl halides is 3. The number of carbonyl (C=O) groups is 1. The molecule has 184 valence electrons. The Morgan fingerprint density at radius 3 is 2.29 bits per heavy atom. The molecule has 1 heterocycles. The van der Waals surface area contributed by atoms with Crippen LogP contribution in [0.1, 0.15) is 17.5 Å². The van der Waals surface area contributed by atoms with Gasteiger partial charge in [0.25, 0.3) is 0 Å². The molecule has 0 unspecified atom stereocenters. The van der Waals surface area contributed by atoms with Crippen molar-refractivity contribution >= 4 is 21.6 Å². The van der Waals surface area contributed by atoms with Crippen molar-refractivity contribution in [2.24, 2.45) is 0 Å². The molecule has 0 radical (unpaired) electrons. The molecule has 0 saturated carbocycles. The maximum atomic E-state index is 15.3. The molecular weight excluding hydrogens is 488 g/mol. The van der Waals surface area contributed by atoms with Crippen LogP contribution in [0, 0.1) is 5.82 Å². The highest BCUT2D eigenvalue weighted by Crippen LogP contribution is 2.40. The zero-order chi connectivity index (χ0) is 25.5. The Morgan fingerprint density at radius 2 is 1.66 bits per heavy atom. The van der Waals surface area contributed by atoms with E-state index in [1.807, 2.05) is 0 Å². The van der Waals surface area contributed by atoms with Crippen LogP contribution >= 0.6 is 0 Å². The van der Waals surface area contributed by atoms with E-state index in [2.05, 4.69) is 4.72 Å². The lowest BCUT2D eigenvalue weighted by Crippen LogP contribution is -2.31. The van der Waals surface area contributed by atoms with Crippen LogP contribution in [0.5, 0.6) is 11.5 Å². The smallest absolute Gasteiger partial charge is 0.416 e. The molecule has 1 aliphatic heterocycles. The summed E-state index contributed by atoms with van der Waals surface area (Å²) in [5.74, 6) is -0.786. The van der Waals surface area contributed by atoms with Crippen LogP contribution in [-0.2, 0) is 27.4 Å². The molecule has 0 aromatic heterocycles. The van der Waals surface area contributed by atoms with Crippen LogP contribution in [0.25, 0.3) is 11.1 Å². The molecule has 6 nitrogen and oxygen atoms in total. The molecule has 1 N–H and O–H groups in total. The van der Waals surface area contributed by atoms with Gasteiger partial charge in [-0.05, 0) is 73.6 Å². The first-order chi connectivity index (χ1) is 16.4. The van der Waals surface area contributed by atoms with Gasteiger partial charge in [-0.15, -0.1) is 0 Å². The Bertz CT molecular complexity index is 1400. The Morgan fingerprint density at radius 1 is 0.971 bits per heavy atom. The van der Waals surface area contributed by atoms with Crippen molar-refractivity contribution in [3.8, 4) is 22.6 Å². The van der Waals surface area contributed by atoms with Crippen LogP contribution in [-0.4, -0.2) is 28.4 Å². The van der Waals surface area contributed by atoms with Crippen LogP contribution in [0.2, 0.25) is 0 Å². The topological polar surface area (TPSA) is 75.7 Å². The van der Waals surface area contributed by atoms with E-state index in [4.69, 9.17) is 4.74 Å². The summed E-state index contributed by atoms with van der Waals surface area (Å²) in [6, 6.07) is 10.4. The van der Waals surface area contributed by atoms with Crippen molar-refractivity contribution in [3.63, 3.8) is 0 Å². The highest BCUT2D eigenvalue weighted by molar-refractivity contribution is 7.89. The van der Waals surface area contributed by atoms with Crippen LogP contribution < -0.4 is 14.4 Å². The standard InChI is InChI=1S/C24H20F4N2O4S/c1-29-35(32,33)17-8-9-22(34-16-6-4-15(5-7-16)24(26,27)28)19(12-17)18-11-14-3-10-23(31)30(2)21(14)13-20(18)25/h4-9,11-13,29H,3,10H2,1-2H3. The van der Waals surface area contributed by atoms with Gasteiger partial charge in [0.05, 0.1) is 10.5 Å². The molecule has 3 aromatic carbocycles. The van der Waals surface area contributed by atoms with E-state index < -0.39 is 27.6 Å². The number of anilines is 1. The maximum absolute atomic E-state index is 15.3. The molecule has 4 rings (SSSR count). The number of nitrogens with zero attached hydrogens (tertiary/aromatic N) is 1. The molecule has 0 bridgehead atoms. The quantitative estimate of drug-likeness (QED) is 0.486. The number of hydrogen-bond acceptors (Lipinski definition) is 4. The van der Waals surface area contributed by atoms with E-state index in [1.165, 1.54) is 42.3 Å². The third kappa shape index (κ3) is 4.87. The Hall–Kier alpha value is -3.44. The van der Waals surface area contributed by atoms with E-state index >= 15 is 4.39 Å². The first-order valence-electron chi connectivity index (χ1n) is 10.4. The van der Waals surface area contributed by atoms with E-state index in [0.717, 1.165) is 24.3 Å². The van der Waals surface area contributed by atoms with Crippen molar-refractivity contribution in [1.29, 1.82) is 0 Å². The zero-order valence-corrected chi connectivity index (χ0v) is 19.4. The molecule has 0 aliphatic carbocycles. The molecular formula is C24H20F4N2O4S. The van der Waals surface area contributed by atoms with Crippen LogP contribution in [0.4, 0.5) is 23.2 Å². The maximum Gasteiger partial charge on any atom is 0.416 e. The number of nitrogens with one attached hydrogen (secondary N) is 1. The highest BCUT2D eigenvalue weighted by atomic mass is 32.2. The van der Waals surface area contributed by atoms with Gasteiger partial charge in [0.15, 0.2) is 0 Å².